The van der Waals surface area contributed by atoms with Crippen LogP contribution in [0.2, 0.25) is 0 Å². The van der Waals surface area contributed by atoms with E-state index in [1.165, 1.54) is 12.0 Å². The van der Waals surface area contributed by atoms with Crippen LogP contribution in [0.5, 0.6) is 0 Å². The third-order valence-electron chi connectivity index (χ3n) is 2.13. The Morgan fingerprint density at radius 1 is 1.56 bits per heavy atom. The maximum Gasteiger partial charge on any atom is 1.00 e. The van der Waals surface area contributed by atoms with E-state index in [2.05, 4.69) is 0 Å². The molecule has 1 unspecified atom stereocenters. The van der Waals surface area contributed by atoms with E-state index in [-0.39, 0.29) is 40.9 Å². The number of carbonyl (C=O) groups is 1. The molecule has 0 amide bonds. The van der Waals surface area contributed by atoms with Gasteiger partial charge in [-0.05, 0) is 24.2 Å². The normalized spacial score (nSPS) is 22.7. The Morgan fingerprint density at radius 2 is 2.25 bits per heavy atom. The van der Waals surface area contributed by atoms with Crippen molar-refractivity contribution in [1.82, 2.24) is 0 Å². The van der Waals surface area contributed by atoms with Crippen molar-refractivity contribution in [2.45, 2.75) is 26.4 Å². The van der Waals surface area contributed by atoms with Crippen LogP contribution in [-0.2, 0) is 13.7 Å². The van der Waals surface area contributed by atoms with Crippen LogP contribution in [0.15, 0.2) is 0 Å². The van der Waals surface area contributed by atoms with E-state index >= 15 is 0 Å². The predicted octanol–water partition coefficient (Wildman–Crippen LogP) is -1.14. The predicted molar refractivity (Wildman–Crippen MR) is 59.9 cm³/mol. The van der Waals surface area contributed by atoms with Crippen molar-refractivity contribution in [2.24, 2.45) is 5.41 Å². The van der Waals surface area contributed by atoms with Crippen molar-refractivity contribution in [1.29, 1.82) is 0 Å². The van der Waals surface area contributed by atoms with Gasteiger partial charge >= 0.3 is 35.5 Å². The standard InChI is InChI=1S/C9H16O4S2.Na/c1-9(2)6-12-8(10)7(9)13-15-5-3-4-14-11;/h7,11H,3-6H2,1-2H3;/q;+1/p-1. The molecule has 0 aromatic rings. The molecule has 1 heterocycles. The van der Waals surface area contributed by atoms with E-state index in [0.29, 0.717) is 24.4 Å². The number of rotatable bonds is 6. The summed E-state index contributed by atoms with van der Waals surface area (Å²) in [5, 5.41) is 0. The maximum absolute atomic E-state index is 11.3. The molecule has 0 aromatic heterocycles. The molecular formula is C9H15NaO4S2. The van der Waals surface area contributed by atoms with E-state index < -0.39 is 6.10 Å². The first kappa shape index (κ1) is 17.1. The van der Waals surface area contributed by atoms with Gasteiger partial charge in [-0.3, -0.25) is 16.2 Å². The van der Waals surface area contributed by atoms with Gasteiger partial charge in [0.25, 0.3) is 0 Å². The van der Waals surface area contributed by atoms with Crippen LogP contribution < -0.4 is 29.6 Å². The zero-order chi connectivity index (χ0) is 11.3. The van der Waals surface area contributed by atoms with Gasteiger partial charge in [0, 0.05) is 11.2 Å². The molecule has 0 aliphatic carbocycles. The minimum Gasteiger partial charge on any atom is -0.799 e. The van der Waals surface area contributed by atoms with Crippen LogP contribution in [0.3, 0.4) is 0 Å². The van der Waals surface area contributed by atoms with Crippen molar-refractivity contribution in [3.05, 3.63) is 0 Å². The Labute approximate surface area is 127 Å². The molecular weight excluding hydrogens is 259 g/mol. The molecule has 16 heavy (non-hydrogen) atoms. The number of hydrogen-bond donors (Lipinski definition) is 0. The van der Waals surface area contributed by atoms with E-state index in [1.54, 1.807) is 0 Å². The third-order valence-corrected chi connectivity index (χ3v) is 3.37. The minimum atomic E-state index is -0.484. The summed E-state index contributed by atoms with van der Waals surface area (Å²) in [4.78, 5) is 11.3. The summed E-state index contributed by atoms with van der Waals surface area (Å²) in [7, 11) is 0. The SMILES string of the molecule is CC1(C)COC(=O)C1OSCCCS[O-].[Na+]. The summed E-state index contributed by atoms with van der Waals surface area (Å²) in [6.07, 6.45) is 0.309. The fraction of sp³-hybridized carbons (Fsp3) is 0.889. The monoisotopic (exact) mass is 274 g/mol. The molecule has 1 aliphatic rings. The number of cyclic esters (lactones) is 1. The average molecular weight is 274 g/mol. The number of ether oxygens (including phenoxy) is 1. The molecule has 0 radical (unpaired) electrons. The van der Waals surface area contributed by atoms with Crippen LogP contribution in [-0.4, -0.2) is 34.7 Å². The molecule has 0 saturated carbocycles. The molecule has 1 saturated heterocycles. The molecule has 1 aliphatic heterocycles. The smallest absolute Gasteiger partial charge is 0.799 e. The van der Waals surface area contributed by atoms with Crippen molar-refractivity contribution < 1.29 is 47.8 Å². The summed E-state index contributed by atoms with van der Waals surface area (Å²) in [6.45, 7) is 4.29. The largest absolute Gasteiger partial charge is 1.00 e. The molecule has 1 fully saturated rings. The summed E-state index contributed by atoms with van der Waals surface area (Å²) in [5.41, 5.74) is -0.253. The summed E-state index contributed by atoms with van der Waals surface area (Å²) < 4.78 is 20.4. The summed E-state index contributed by atoms with van der Waals surface area (Å²) >= 11 is 1.82. The van der Waals surface area contributed by atoms with E-state index in [4.69, 9.17) is 8.92 Å². The van der Waals surface area contributed by atoms with Crippen molar-refractivity contribution in [2.75, 3.05) is 18.1 Å². The Bertz CT molecular complexity index is 226. The second-order valence-corrected chi connectivity index (χ2v) is 5.55. The van der Waals surface area contributed by atoms with Crippen LogP contribution >= 0.6 is 24.1 Å². The van der Waals surface area contributed by atoms with Crippen LogP contribution in [0, 0.1) is 5.41 Å². The molecule has 88 valence electrons. The zero-order valence-electron chi connectivity index (χ0n) is 9.86. The van der Waals surface area contributed by atoms with Crippen LogP contribution in [0.4, 0.5) is 0 Å². The van der Waals surface area contributed by atoms with Crippen molar-refractivity contribution >= 4 is 30.1 Å². The van der Waals surface area contributed by atoms with Gasteiger partial charge in [0.05, 0.1) is 6.61 Å². The first-order valence-corrected chi connectivity index (χ1v) is 6.60. The van der Waals surface area contributed by atoms with Gasteiger partial charge in [0.2, 0.25) is 0 Å². The van der Waals surface area contributed by atoms with Gasteiger partial charge in [-0.15, -0.1) is 0 Å². The second-order valence-electron chi connectivity index (χ2n) is 4.07. The fourth-order valence-electron chi connectivity index (χ4n) is 1.19. The third kappa shape index (κ3) is 5.16. The van der Waals surface area contributed by atoms with Gasteiger partial charge in [-0.2, -0.15) is 0 Å². The topological polar surface area (TPSA) is 58.6 Å². The number of hydrogen-bond acceptors (Lipinski definition) is 6. The number of esters is 1. The quantitative estimate of drug-likeness (QED) is 0.264. The maximum atomic E-state index is 11.3. The summed E-state index contributed by atoms with van der Waals surface area (Å²) in [5.74, 6) is 1.02. The Morgan fingerprint density at radius 3 is 2.75 bits per heavy atom. The molecule has 0 spiro atoms. The fourth-order valence-corrected chi connectivity index (χ4v) is 2.47. The number of carbonyl (C=O) groups excluding carboxylic acids is 1. The molecule has 0 bridgehead atoms. The van der Waals surface area contributed by atoms with Crippen LogP contribution in [0.1, 0.15) is 20.3 Å². The Balaban J connectivity index is 0.00000225. The first-order chi connectivity index (χ1) is 7.08. The van der Waals surface area contributed by atoms with E-state index in [1.807, 2.05) is 13.8 Å². The van der Waals surface area contributed by atoms with Gasteiger partial charge in [0.15, 0.2) is 6.10 Å². The van der Waals surface area contributed by atoms with Crippen LogP contribution in [0.25, 0.3) is 0 Å². The molecule has 0 aromatic carbocycles. The Hall–Kier alpha value is 1.09. The Kier molecular flexibility index (Phi) is 8.80. The van der Waals surface area contributed by atoms with Gasteiger partial charge in [-0.1, -0.05) is 13.8 Å². The van der Waals surface area contributed by atoms with E-state index in [0.717, 1.165) is 12.2 Å². The average Bonchev–Trinajstić information content (AvgIpc) is 2.43. The van der Waals surface area contributed by atoms with Gasteiger partial charge in [-0.25, -0.2) is 4.79 Å². The van der Waals surface area contributed by atoms with Gasteiger partial charge < -0.3 is 9.29 Å². The van der Waals surface area contributed by atoms with Crippen molar-refractivity contribution in [3.8, 4) is 0 Å². The molecule has 1 atom stereocenters. The van der Waals surface area contributed by atoms with Crippen molar-refractivity contribution in [3.63, 3.8) is 0 Å². The minimum absolute atomic E-state index is 0. The zero-order valence-corrected chi connectivity index (χ0v) is 13.5. The molecule has 0 N–H and O–H groups in total. The van der Waals surface area contributed by atoms with Gasteiger partial charge in [0.1, 0.15) is 0 Å². The molecule has 4 nitrogen and oxygen atoms in total. The first-order valence-electron chi connectivity index (χ1n) is 4.77. The molecule has 7 heteroatoms. The molecule has 1 rings (SSSR count). The van der Waals surface area contributed by atoms with E-state index in [9.17, 15) is 9.35 Å². The summed E-state index contributed by atoms with van der Waals surface area (Å²) in [6, 6.07) is 0. The second kappa shape index (κ2) is 8.24.